The minimum Gasteiger partial charge on any atom is -0.356 e. The van der Waals surface area contributed by atoms with Crippen molar-refractivity contribution in [2.45, 2.75) is 6.41 Å². The van der Waals surface area contributed by atoms with Crippen molar-refractivity contribution in [3.8, 4) is 0 Å². The minimum absolute atomic E-state index is 1.37. The largest absolute Gasteiger partial charge is 0.356 e. The highest BCUT2D eigenvalue weighted by molar-refractivity contribution is 4.14. The summed E-state index contributed by atoms with van der Waals surface area (Å²) in [7, 11) is 1.45. The maximum absolute atomic E-state index is 7.81. The zero-order valence-electron chi connectivity index (χ0n) is 2.97. The Morgan fingerprint density at radius 1 is 1.60 bits per heavy atom. The van der Waals surface area contributed by atoms with E-state index in [0.29, 0.717) is 0 Å². The lowest BCUT2D eigenvalue weighted by atomic mass is 11.1. The molecule has 0 heterocycles. The molecule has 0 aliphatic carbocycles. The summed E-state index contributed by atoms with van der Waals surface area (Å²) in [6.45, 7) is 0. The van der Waals surface area contributed by atoms with E-state index in [1.807, 2.05) is 0 Å². The highest BCUT2D eigenvalue weighted by atomic mass is 16.5. The Labute approximate surface area is 30.2 Å². The van der Waals surface area contributed by atoms with Crippen molar-refractivity contribution in [1.82, 2.24) is 5.32 Å². The van der Waals surface area contributed by atoms with Gasteiger partial charge in [-0.2, -0.15) is 0 Å². The average molecular weight is 77.1 g/mol. The maximum Gasteiger partial charge on any atom is 0.210 e. The fourth-order valence-corrected chi connectivity index (χ4v) is 0. The summed E-state index contributed by atoms with van der Waals surface area (Å²) >= 11 is 0. The van der Waals surface area contributed by atoms with Crippen molar-refractivity contribution in [1.29, 1.82) is 0 Å². The molecule has 0 aromatic carbocycles. The molecule has 0 aromatic heterocycles. The van der Waals surface area contributed by atoms with Gasteiger partial charge in [0.15, 0.2) is 0 Å². The molecule has 32 valence electrons. The summed E-state index contributed by atoms with van der Waals surface area (Å²) in [6, 6.07) is 0. The third kappa shape index (κ3) is 3.88. The smallest absolute Gasteiger partial charge is 0.210 e. The normalized spacial score (nSPS) is 9.60. The molecule has 3 nitrogen and oxygen atoms in total. The average Bonchev–Trinajstić information content (AvgIpc) is 1.38. The first-order valence-corrected chi connectivity index (χ1v) is 1.31. The molecule has 0 saturated carbocycles. The van der Waals surface area contributed by atoms with Gasteiger partial charge in [-0.1, -0.05) is 0 Å². The molecule has 0 unspecified atom stereocenters. The van der Waals surface area contributed by atoms with Crippen molar-refractivity contribution in [2.24, 2.45) is 0 Å². The van der Waals surface area contributed by atoms with E-state index in [9.17, 15) is 0 Å². The van der Waals surface area contributed by atoms with Crippen LogP contribution in [0.4, 0.5) is 0 Å². The van der Waals surface area contributed by atoms with Gasteiger partial charge in [-0.05, 0) is 7.05 Å². The quantitative estimate of drug-likeness (QED) is 0.333. The van der Waals surface area contributed by atoms with Crippen LogP contribution in [0.25, 0.3) is 0 Å². The summed E-state index contributed by atoms with van der Waals surface area (Å²) in [5.41, 5.74) is 0. The van der Waals surface area contributed by atoms with Crippen LogP contribution < -0.4 is 5.32 Å². The number of aliphatic hydroxyl groups excluding tert-OH is 1. The molecule has 0 fully saturated rings. The van der Waals surface area contributed by atoms with Crippen molar-refractivity contribution >= 4 is 0 Å². The number of rotatable bonds is 1. The molecule has 0 bridgehead atoms. The van der Waals surface area contributed by atoms with Crippen LogP contribution >= 0.6 is 0 Å². The van der Waals surface area contributed by atoms with Gasteiger partial charge < -0.3 is 10.2 Å². The Hall–Kier alpha value is -0.120. The van der Waals surface area contributed by atoms with E-state index in [2.05, 4.69) is 5.32 Å². The summed E-state index contributed by atoms with van der Waals surface area (Å²) in [5.74, 6) is 0. The van der Waals surface area contributed by atoms with E-state index in [0.717, 1.165) is 0 Å². The highest BCUT2D eigenvalue weighted by Crippen LogP contribution is 1.52. The van der Waals surface area contributed by atoms with Crippen molar-refractivity contribution in [2.75, 3.05) is 7.05 Å². The Morgan fingerprint density at radius 3 is 1.80 bits per heavy atom. The Morgan fingerprint density at radius 2 is 1.80 bits per heavy atom. The van der Waals surface area contributed by atoms with Crippen LogP contribution in [0.3, 0.4) is 0 Å². The molecule has 0 rings (SSSR count). The van der Waals surface area contributed by atoms with Crippen LogP contribution in [0.2, 0.25) is 0 Å². The molecule has 3 N–H and O–H groups in total. The van der Waals surface area contributed by atoms with Gasteiger partial charge in [0.1, 0.15) is 0 Å². The molecule has 0 aliphatic heterocycles. The molecule has 0 radical (unpaired) electrons. The van der Waals surface area contributed by atoms with Gasteiger partial charge >= 0.3 is 0 Å². The molecule has 0 saturated heterocycles. The lowest BCUT2D eigenvalue weighted by molar-refractivity contribution is -0.0600. The zero-order valence-corrected chi connectivity index (χ0v) is 2.97. The number of hydrogen-bond donors (Lipinski definition) is 3. The fraction of sp³-hybridized carbons (Fsp3) is 1.00. The monoisotopic (exact) mass is 77.0 g/mol. The third-order valence-corrected chi connectivity index (χ3v) is 0.258. The second kappa shape index (κ2) is 2.14. The van der Waals surface area contributed by atoms with Crippen LogP contribution in [0.5, 0.6) is 0 Å². The first-order valence-electron chi connectivity index (χ1n) is 1.31. The molecule has 5 heavy (non-hydrogen) atoms. The maximum atomic E-state index is 7.81. The second-order valence-corrected chi connectivity index (χ2v) is 0.662. The van der Waals surface area contributed by atoms with Crippen LogP contribution in [0.1, 0.15) is 0 Å². The van der Waals surface area contributed by atoms with E-state index in [1.165, 1.54) is 7.05 Å². The van der Waals surface area contributed by atoms with Gasteiger partial charge in [0.2, 0.25) is 6.41 Å². The van der Waals surface area contributed by atoms with Gasteiger partial charge in [0, 0.05) is 0 Å². The van der Waals surface area contributed by atoms with Crippen molar-refractivity contribution in [3.05, 3.63) is 0 Å². The van der Waals surface area contributed by atoms with Crippen molar-refractivity contribution < 1.29 is 10.2 Å². The standard InChI is InChI=1S/C2H7NO2/c1-3-2(4)5/h2-5H,1H3. The Balaban J connectivity index is 2.54. The van der Waals surface area contributed by atoms with Gasteiger partial charge in [-0.3, -0.25) is 5.32 Å². The van der Waals surface area contributed by atoms with Gasteiger partial charge in [0.25, 0.3) is 0 Å². The summed E-state index contributed by atoms with van der Waals surface area (Å²) in [6.07, 6.45) is -1.37. The first-order chi connectivity index (χ1) is 2.27. The lowest BCUT2D eigenvalue weighted by Gasteiger charge is -1.93. The Kier molecular flexibility index (Phi) is 2.09. The van der Waals surface area contributed by atoms with E-state index in [4.69, 9.17) is 10.2 Å². The predicted molar refractivity (Wildman–Crippen MR) is 17.3 cm³/mol. The first kappa shape index (κ1) is 4.88. The van der Waals surface area contributed by atoms with Crippen LogP contribution in [-0.2, 0) is 0 Å². The molecule has 3 heteroatoms. The minimum atomic E-state index is -1.37. The molecule has 0 atom stereocenters. The summed E-state index contributed by atoms with van der Waals surface area (Å²) < 4.78 is 0. The van der Waals surface area contributed by atoms with E-state index in [-0.39, 0.29) is 0 Å². The lowest BCUT2D eigenvalue weighted by Crippen LogP contribution is -2.22. The van der Waals surface area contributed by atoms with Crippen LogP contribution in [0, 0.1) is 0 Å². The molecular weight excluding hydrogens is 70.0 g/mol. The summed E-state index contributed by atoms with van der Waals surface area (Å²) in [4.78, 5) is 0. The fourth-order valence-electron chi connectivity index (χ4n) is 0. The zero-order chi connectivity index (χ0) is 4.28. The van der Waals surface area contributed by atoms with E-state index in [1.54, 1.807) is 0 Å². The van der Waals surface area contributed by atoms with Crippen LogP contribution in [0.15, 0.2) is 0 Å². The predicted octanol–water partition coefficient (Wildman–Crippen LogP) is -1.53. The van der Waals surface area contributed by atoms with Crippen LogP contribution in [-0.4, -0.2) is 23.7 Å². The summed E-state index contributed by atoms with van der Waals surface area (Å²) in [5, 5.41) is 17.8. The van der Waals surface area contributed by atoms with Gasteiger partial charge in [-0.15, -0.1) is 0 Å². The molecule has 0 spiro atoms. The molecule has 0 aromatic rings. The number of hydrogen-bond acceptors (Lipinski definition) is 3. The topological polar surface area (TPSA) is 52.5 Å². The molecule has 0 amide bonds. The Bertz CT molecular complexity index is 21.6. The van der Waals surface area contributed by atoms with E-state index >= 15 is 0 Å². The number of aliphatic hydroxyl groups is 2. The molecule has 0 aliphatic rings. The third-order valence-electron chi connectivity index (χ3n) is 0.258. The number of nitrogens with one attached hydrogen (secondary N) is 1. The van der Waals surface area contributed by atoms with Gasteiger partial charge in [-0.25, -0.2) is 0 Å². The van der Waals surface area contributed by atoms with Crippen molar-refractivity contribution in [3.63, 3.8) is 0 Å². The van der Waals surface area contributed by atoms with Gasteiger partial charge in [0.05, 0.1) is 0 Å². The SMILES string of the molecule is CNC(O)O. The highest BCUT2D eigenvalue weighted by Gasteiger charge is 1.80. The second-order valence-electron chi connectivity index (χ2n) is 0.662. The molecular formula is C2H7NO2. The van der Waals surface area contributed by atoms with E-state index < -0.39 is 6.41 Å².